The van der Waals surface area contributed by atoms with Crippen LogP contribution in [0, 0.1) is 28.6 Å². The lowest BCUT2D eigenvalue weighted by Crippen LogP contribution is -2.55. The van der Waals surface area contributed by atoms with Crippen molar-refractivity contribution in [2.24, 2.45) is 28.6 Å². The van der Waals surface area contributed by atoms with Gasteiger partial charge in [-0.3, -0.25) is 0 Å². The van der Waals surface area contributed by atoms with Crippen molar-refractivity contribution in [3.05, 3.63) is 0 Å². The summed E-state index contributed by atoms with van der Waals surface area (Å²) in [6.07, 6.45) is 13.7. The Morgan fingerprint density at radius 3 is 2.63 bits per heavy atom. The predicted octanol–water partition coefficient (Wildman–Crippen LogP) is 4.80. The molecule has 0 bridgehead atoms. The van der Waals surface area contributed by atoms with Crippen LogP contribution in [0.5, 0.6) is 0 Å². The molecule has 1 saturated heterocycles. The highest BCUT2D eigenvalue weighted by Crippen LogP contribution is 2.64. The first kappa shape index (κ1) is 12.7. The minimum absolute atomic E-state index is 0.519. The fourth-order valence-electron chi connectivity index (χ4n) is 6.71. The fraction of sp³-hybridized carbons (Fsp3) is 1.00. The van der Waals surface area contributed by atoms with Gasteiger partial charge in [-0.1, -0.05) is 20.3 Å². The Kier molecular flexibility index (Phi) is 2.82. The molecule has 0 radical (unpaired) electrons. The molecule has 1 heterocycles. The zero-order valence-electron chi connectivity index (χ0n) is 12.8. The average molecular weight is 262 g/mol. The van der Waals surface area contributed by atoms with Gasteiger partial charge in [-0.15, -0.1) is 0 Å². The smallest absolute Gasteiger partial charge is 0.0631 e. The van der Waals surface area contributed by atoms with Crippen LogP contribution >= 0.6 is 0 Å². The first-order valence-corrected chi connectivity index (χ1v) is 8.75. The zero-order valence-corrected chi connectivity index (χ0v) is 12.8. The Hall–Kier alpha value is -0.0400. The van der Waals surface area contributed by atoms with E-state index in [1.165, 1.54) is 57.8 Å². The zero-order chi connectivity index (χ0) is 13.1. The van der Waals surface area contributed by atoms with Crippen molar-refractivity contribution in [3.8, 4) is 0 Å². The molecule has 0 aromatic rings. The Balaban J connectivity index is 1.64. The number of hydrogen-bond acceptors (Lipinski definition) is 1. The number of ether oxygens (including phenoxy) is 1. The predicted molar refractivity (Wildman–Crippen MR) is 78.0 cm³/mol. The molecule has 1 aliphatic heterocycles. The summed E-state index contributed by atoms with van der Waals surface area (Å²) in [7, 11) is 0. The molecule has 6 atom stereocenters. The van der Waals surface area contributed by atoms with E-state index in [0.29, 0.717) is 16.9 Å². The number of rotatable bonds is 0. The first-order chi connectivity index (χ1) is 9.13. The van der Waals surface area contributed by atoms with Gasteiger partial charge in [0.05, 0.1) is 6.10 Å². The van der Waals surface area contributed by atoms with Crippen LogP contribution in [-0.4, -0.2) is 12.7 Å². The summed E-state index contributed by atoms with van der Waals surface area (Å²) in [6.45, 7) is 6.21. The lowest BCUT2D eigenvalue weighted by atomic mass is 9.48. The lowest BCUT2D eigenvalue weighted by molar-refractivity contribution is -0.171. The van der Waals surface area contributed by atoms with Crippen molar-refractivity contribution < 1.29 is 4.74 Å². The first-order valence-electron chi connectivity index (χ1n) is 8.75. The molecule has 4 rings (SSSR count). The molecule has 0 N–H and O–H groups in total. The molecular weight excluding hydrogens is 232 g/mol. The highest BCUT2D eigenvalue weighted by atomic mass is 16.5. The highest BCUT2D eigenvalue weighted by Gasteiger charge is 2.57. The monoisotopic (exact) mass is 262 g/mol. The summed E-state index contributed by atoms with van der Waals surface area (Å²) >= 11 is 0. The van der Waals surface area contributed by atoms with Crippen LogP contribution in [0.2, 0.25) is 0 Å². The molecule has 3 aliphatic carbocycles. The van der Waals surface area contributed by atoms with Crippen molar-refractivity contribution in [3.63, 3.8) is 0 Å². The van der Waals surface area contributed by atoms with E-state index in [-0.39, 0.29) is 0 Å². The van der Waals surface area contributed by atoms with Gasteiger partial charge in [0.1, 0.15) is 0 Å². The van der Waals surface area contributed by atoms with E-state index >= 15 is 0 Å². The number of hydrogen-bond donors (Lipinski definition) is 0. The second-order valence-electron chi connectivity index (χ2n) is 8.51. The van der Waals surface area contributed by atoms with Crippen molar-refractivity contribution in [1.29, 1.82) is 0 Å². The lowest BCUT2D eigenvalue weighted by Gasteiger charge is -2.59. The Bertz CT molecular complexity index is 365. The maximum atomic E-state index is 6.17. The van der Waals surface area contributed by atoms with Crippen LogP contribution in [0.4, 0.5) is 0 Å². The molecule has 0 spiro atoms. The van der Waals surface area contributed by atoms with E-state index < -0.39 is 0 Å². The summed E-state index contributed by atoms with van der Waals surface area (Å²) in [5, 5.41) is 0. The van der Waals surface area contributed by atoms with Crippen molar-refractivity contribution in [2.45, 2.75) is 77.7 Å². The molecule has 0 aromatic heterocycles. The minimum atomic E-state index is 0.519. The molecule has 108 valence electrons. The quantitative estimate of drug-likeness (QED) is 0.609. The molecular formula is C18H30O. The van der Waals surface area contributed by atoms with Gasteiger partial charge in [0.2, 0.25) is 0 Å². The summed E-state index contributed by atoms with van der Waals surface area (Å²) < 4.78 is 6.17. The van der Waals surface area contributed by atoms with E-state index in [1.54, 1.807) is 0 Å². The second-order valence-corrected chi connectivity index (χ2v) is 8.51. The third-order valence-electron chi connectivity index (χ3n) is 7.74. The third-order valence-corrected chi connectivity index (χ3v) is 7.74. The summed E-state index contributed by atoms with van der Waals surface area (Å²) in [6, 6.07) is 0. The minimum Gasteiger partial charge on any atom is -0.378 e. The van der Waals surface area contributed by atoms with E-state index in [1.807, 2.05) is 0 Å². The van der Waals surface area contributed by atoms with Crippen LogP contribution < -0.4 is 0 Å². The van der Waals surface area contributed by atoms with Gasteiger partial charge in [0.25, 0.3) is 0 Å². The normalized spacial score (nSPS) is 57.2. The maximum absolute atomic E-state index is 6.17. The van der Waals surface area contributed by atoms with Gasteiger partial charge in [0, 0.05) is 6.61 Å². The SMILES string of the molecule is C[C@@]12CCC[C@H]1[C@@H]1CC[C@H]3OCCC[C@]3(C)[C@H]1CC2. The standard InChI is InChI=1S/C18H30O/c1-17-9-3-5-14(17)13-6-7-16-18(2,10-4-12-19-16)15(13)8-11-17/h13-16H,3-12H2,1-2H3/t13-,14-,15-,16+,17-,18+/m0/s1. The average Bonchev–Trinajstić information content (AvgIpc) is 2.79. The summed E-state index contributed by atoms with van der Waals surface area (Å²) in [4.78, 5) is 0. The van der Waals surface area contributed by atoms with Crippen LogP contribution in [0.1, 0.15) is 71.6 Å². The number of fused-ring (bicyclic) bond motifs is 5. The largest absolute Gasteiger partial charge is 0.378 e. The van der Waals surface area contributed by atoms with E-state index in [0.717, 1.165) is 24.4 Å². The van der Waals surface area contributed by atoms with Crippen LogP contribution in [0.25, 0.3) is 0 Å². The van der Waals surface area contributed by atoms with Gasteiger partial charge in [-0.05, 0) is 80.0 Å². The van der Waals surface area contributed by atoms with Gasteiger partial charge < -0.3 is 4.74 Å². The molecule has 0 unspecified atom stereocenters. The molecule has 0 aromatic carbocycles. The van der Waals surface area contributed by atoms with Gasteiger partial charge >= 0.3 is 0 Å². The second kappa shape index (κ2) is 4.23. The van der Waals surface area contributed by atoms with E-state index in [9.17, 15) is 0 Å². The molecule has 4 aliphatic rings. The van der Waals surface area contributed by atoms with E-state index in [2.05, 4.69) is 13.8 Å². The molecule has 1 nitrogen and oxygen atoms in total. The highest BCUT2D eigenvalue weighted by molar-refractivity contribution is 5.07. The van der Waals surface area contributed by atoms with Crippen LogP contribution in [0.15, 0.2) is 0 Å². The molecule has 3 saturated carbocycles. The Morgan fingerprint density at radius 1 is 0.842 bits per heavy atom. The van der Waals surface area contributed by atoms with Gasteiger partial charge in [-0.25, -0.2) is 0 Å². The van der Waals surface area contributed by atoms with Crippen molar-refractivity contribution in [2.75, 3.05) is 6.61 Å². The Labute approximate surface area is 118 Å². The maximum Gasteiger partial charge on any atom is 0.0631 e. The van der Waals surface area contributed by atoms with Crippen LogP contribution in [-0.2, 0) is 4.74 Å². The van der Waals surface area contributed by atoms with Crippen LogP contribution in [0.3, 0.4) is 0 Å². The molecule has 0 amide bonds. The Morgan fingerprint density at radius 2 is 1.74 bits per heavy atom. The van der Waals surface area contributed by atoms with Crippen molar-refractivity contribution >= 4 is 0 Å². The summed E-state index contributed by atoms with van der Waals surface area (Å²) in [5.74, 6) is 3.05. The molecule has 1 heteroatoms. The molecule has 19 heavy (non-hydrogen) atoms. The van der Waals surface area contributed by atoms with E-state index in [4.69, 9.17) is 4.74 Å². The topological polar surface area (TPSA) is 9.23 Å². The molecule has 4 fully saturated rings. The van der Waals surface area contributed by atoms with Gasteiger partial charge in [-0.2, -0.15) is 0 Å². The van der Waals surface area contributed by atoms with Crippen molar-refractivity contribution in [1.82, 2.24) is 0 Å². The summed E-state index contributed by atoms with van der Waals surface area (Å²) in [5.41, 5.74) is 1.23. The third kappa shape index (κ3) is 1.69. The fourth-order valence-corrected chi connectivity index (χ4v) is 6.71. The van der Waals surface area contributed by atoms with Gasteiger partial charge in [0.15, 0.2) is 0 Å².